The summed E-state index contributed by atoms with van der Waals surface area (Å²) in [6.07, 6.45) is -4.82. The summed E-state index contributed by atoms with van der Waals surface area (Å²) in [5.74, 6) is -0.842. The Hall–Kier alpha value is -2.95. The van der Waals surface area contributed by atoms with Crippen LogP contribution in [-0.4, -0.2) is 32.6 Å². The minimum absolute atomic E-state index is 0.180. The summed E-state index contributed by atoms with van der Waals surface area (Å²) >= 11 is 3.06. The molecule has 0 aliphatic heterocycles. The van der Waals surface area contributed by atoms with Gasteiger partial charge in [-0.2, -0.15) is 0 Å². The van der Waals surface area contributed by atoms with Crippen LogP contribution in [0.4, 0.5) is 29.3 Å². The first kappa shape index (κ1) is 21.4. The van der Waals surface area contributed by atoms with Crippen molar-refractivity contribution in [3.8, 4) is 11.5 Å². The highest BCUT2D eigenvalue weighted by Crippen LogP contribution is 2.31. The number of methoxy groups -OCH3 is 2. The molecule has 150 valence electrons. The van der Waals surface area contributed by atoms with E-state index in [4.69, 9.17) is 4.74 Å². The first-order chi connectivity index (χ1) is 13.1. The molecule has 0 unspecified atom stereocenters. The molecule has 7 nitrogen and oxygen atoms in total. The molecule has 2 N–H and O–H groups in total. The van der Waals surface area contributed by atoms with Crippen LogP contribution in [0.2, 0.25) is 0 Å². The number of ether oxygens (including phenoxy) is 3. The molecule has 11 heteroatoms. The lowest BCUT2D eigenvalue weighted by atomic mass is 10.2. The van der Waals surface area contributed by atoms with Crippen molar-refractivity contribution < 1.29 is 37.0 Å². The number of nitrogens with one attached hydrogen (secondary N) is 2. The van der Waals surface area contributed by atoms with Gasteiger partial charge in [0.15, 0.2) is 0 Å². The summed E-state index contributed by atoms with van der Waals surface area (Å²) in [6, 6.07) is 6.99. The summed E-state index contributed by atoms with van der Waals surface area (Å²) in [4.78, 5) is 23.8. The van der Waals surface area contributed by atoms with Crippen molar-refractivity contribution >= 4 is 39.3 Å². The largest absolute Gasteiger partial charge is 0.573 e. The number of amides is 2. The second kappa shape index (κ2) is 8.83. The number of hydrogen-bond acceptors (Lipinski definition) is 5. The zero-order chi connectivity index (χ0) is 20.9. The first-order valence-electron chi connectivity index (χ1n) is 7.52. The summed E-state index contributed by atoms with van der Waals surface area (Å²) in [5.41, 5.74) is 0.708. The van der Waals surface area contributed by atoms with E-state index in [1.807, 2.05) is 0 Å². The van der Waals surface area contributed by atoms with Crippen molar-refractivity contribution in [3.05, 3.63) is 46.4 Å². The number of carbonyl (C=O) groups is 2. The highest BCUT2D eigenvalue weighted by molar-refractivity contribution is 9.10. The van der Waals surface area contributed by atoms with Gasteiger partial charge in [-0.15, -0.1) is 13.2 Å². The fourth-order valence-corrected chi connectivity index (χ4v) is 2.58. The Kier molecular flexibility index (Phi) is 6.73. The normalized spacial score (nSPS) is 10.8. The fourth-order valence-electron chi connectivity index (χ4n) is 2.13. The minimum Gasteiger partial charge on any atom is -0.496 e. The number of halogens is 4. The average molecular weight is 463 g/mol. The lowest BCUT2D eigenvalue weighted by Gasteiger charge is -2.13. The molecule has 0 radical (unpaired) electrons. The van der Waals surface area contributed by atoms with Crippen LogP contribution >= 0.6 is 15.9 Å². The third-order valence-electron chi connectivity index (χ3n) is 3.29. The van der Waals surface area contributed by atoms with Crippen LogP contribution in [-0.2, 0) is 4.74 Å². The van der Waals surface area contributed by atoms with Gasteiger partial charge in [0.1, 0.15) is 17.1 Å². The van der Waals surface area contributed by atoms with Gasteiger partial charge in [0, 0.05) is 16.2 Å². The van der Waals surface area contributed by atoms with E-state index in [1.165, 1.54) is 38.5 Å². The maximum atomic E-state index is 12.2. The van der Waals surface area contributed by atoms with Crippen LogP contribution < -0.4 is 20.1 Å². The van der Waals surface area contributed by atoms with Crippen LogP contribution in [0.15, 0.2) is 40.9 Å². The number of benzene rings is 2. The van der Waals surface area contributed by atoms with Crippen LogP contribution in [0.3, 0.4) is 0 Å². The predicted molar refractivity (Wildman–Crippen MR) is 97.8 cm³/mol. The van der Waals surface area contributed by atoms with Gasteiger partial charge in [0.2, 0.25) is 0 Å². The molecule has 0 heterocycles. The summed E-state index contributed by atoms with van der Waals surface area (Å²) in [6.45, 7) is 0. The number of urea groups is 1. The number of anilines is 2. The molecule has 0 saturated heterocycles. The zero-order valence-electron chi connectivity index (χ0n) is 14.5. The Morgan fingerprint density at radius 1 is 1.04 bits per heavy atom. The lowest BCUT2D eigenvalue weighted by Crippen LogP contribution is -2.20. The van der Waals surface area contributed by atoms with Crippen LogP contribution in [0.1, 0.15) is 10.4 Å². The van der Waals surface area contributed by atoms with E-state index in [0.717, 1.165) is 12.1 Å². The molecule has 2 amide bonds. The predicted octanol–water partition coefficient (Wildman–Crippen LogP) is 4.79. The van der Waals surface area contributed by atoms with E-state index in [1.54, 1.807) is 0 Å². The molecule has 0 saturated carbocycles. The van der Waals surface area contributed by atoms with Gasteiger partial charge < -0.3 is 24.8 Å². The summed E-state index contributed by atoms with van der Waals surface area (Å²) < 4.78 is 50.4. The quantitative estimate of drug-likeness (QED) is 0.624. The molecule has 0 fully saturated rings. The Labute approximate surface area is 165 Å². The average Bonchev–Trinajstić information content (AvgIpc) is 2.62. The molecule has 0 atom stereocenters. The molecule has 2 aromatic rings. The van der Waals surface area contributed by atoms with E-state index in [0.29, 0.717) is 5.69 Å². The third-order valence-corrected chi connectivity index (χ3v) is 3.94. The van der Waals surface area contributed by atoms with Crippen molar-refractivity contribution in [3.63, 3.8) is 0 Å². The minimum atomic E-state index is -4.82. The van der Waals surface area contributed by atoms with E-state index in [9.17, 15) is 22.8 Å². The first-order valence-corrected chi connectivity index (χ1v) is 8.32. The van der Waals surface area contributed by atoms with Crippen LogP contribution in [0.5, 0.6) is 11.5 Å². The Morgan fingerprint density at radius 3 is 2.32 bits per heavy atom. The van der Waals surface area contributed by atoms with Crippen molar-refractivity contribution in [1.29, 1.82) is 0 Å². The van der Waals surface area contributed by atoms with E-state index in [-0.39, 0.29) is 21.5 Å². The van der Waals surface area contributed by atoms with Crippen molar-refractivity contribution in [2.24, 2.45) is 0 Å². The molecular formula is C17H14BrF3N2O5. The van der Waals surface area contributed by atoms with Gasteiger partial charge in [-0.05, 0) is 46.3 Å². The molecular weight excluding hydrogens is 449 g/mol. The molecule has 0 aromatic heterocycles. The Balaban J connectivity index is 2.09. The molecule has 0 bridgehead atoms. The van der Waals surface area contributed by atoms with Gasteiger partial charge in [0.05, 0.1) is 19.9 Å². The second-order valence-corrected chi connectivity index (χ2v) is 6.03. The Bertz CT molecular complexity index is 890. The maximum Gasteiger partial charge on any atom is 0.573 e. The van der Waals surface area contributed by atoms with Crippen molar-refractivity contribution in [2.75, 3.05) is 24.9 Å². The maximum absolute atomic E-state index is 12.2. The highest BCUT2D eigenvalue weighted by Gasteiger charge is 2.31. The topological polar surface area (TPSA) is 85.9 Å². The third kappa shape index (κ3) is 5.78. The van der Waals surface area contributed by atoms with Crippen molar-refractivity contribution in [2.45, 2.75) is 6.36 Å². The molecule has 0 aliphatic carbocycles. The Morgan fingerprint density at radius 2 is 1.75 bits per heavy atom. The van der Waals surface area contributed by atoms with Gasteiger partial charge >= 0.3 is 18.4 Å². The smallest absolute Gasteiger partial charge is 0.496 e. The number of esters is 1. The highest BCUT2D eigenvalue weighted by atomic mass is 79.9. The number of hydrogen-bond donors (Lipinski definition) is 2. The van der Waals surface area contributed by atoms with E-state index in [2.05, 4.69) is 36.0 Å². The monoisotopic (exact) mass is 462 g/mol. The molecule has 2 aromatic carbocycles. The van der Waals surface area contributed by atoms with Crippen molar-refractivity contribution in [1.82, 2.24) is 0 Å². The number of rotatable bonds is 5. The summed E-state index contributed by atoms with van der Waals surface area (Å²) in [5, 5.41) is 4.98. The molecule has 28 heavy (non-hydrogen) atoms. The van der Waals surface area contributed by atoms with E-state index >= 15 is 0 Å². The van der Waals surface area contributed by atoms with E-state index < -0.39 is 24.1 Å². The van der Waals surface area contributed by atoms with Gasteiger partial charge in [0.25, 0.3) is 0 Å². The lowest BCUT2D eigenvalue weighted by molar-refractivity contribution is -0.274. The number of carbonyl (C=O) groups excluding carboxylic acids is 2. The van der Waals surface area contributed by atoms with Gasteiger partial charge in [-0.1, -0.05) is 0 Å². The van der Waals surface area contributed by atoms with Crippen LogP contribution in [0.25, 0.3) is 0 Å². The van der Waals surface area contributed by atoms with Gasteiger partial charge in [-0.3, -0.25) is 0 Å². The zero-order valence-corrected chi connectivity index (χ0v) is 16.1. The SMILES string of the molecule is COC(=O)c1ccc(NC(=O)Nc2ccc(OC(F)(F)F)cc2Br)cc1OC. The number of alkyl halides is 3. The van der Waals surface area contributed by atoms with Gasteiger partial charge in [-0.25, -0.2) is 9.59 Å². The summed E-state index contributed by atoms with van der Waals surface area (Å²) in [7, 11) is 2.58. The fraction of sp³-hybridized carbons (Fsp3) is 0.176. The van der Waals surface area contributed by atoms with Crippen LogP contribution in [0, 0.1) is 0 Å². The standard InChI is InChI=1S/C17H14BrF3N2O5/c1-26-14-7-9(3-5-11(14)15(24)27-2)22-16(25)23-13-6-4-10(8-12(13)18)28-17(19,20)21/h3-8H,1-2H3,(H2,22,23,25). The second-order valence-electron chi connectivity index (χ2n) is 5.18. The molecule has 0 spiro atoms. The molecule has 0 aliphatic rings. The molecule has 2 rings (SSSR count).